The number of aliphatic imine (C=N–C) groups is 1. The van der Waals surface area contributed by atoms with Crippen molar-refractivity contribution in [2.75, 3.05) is 13.6 Å². The smallest absolute Gasteiger partial charge is 0.208 e. The van der Waals surface area contributed by atoms with Crippen LogP contribution in [-0.2, 0) is 4.74 Å². The van der Waals surface area contributed by atoms with Gasteiger partial charge in [0, 0.05) is 25.7 Å². The van der Waals surface area contributed by atoms with E-state index in [1.165, 1.54) is 18.4 Å². The Hall–Kier alpha value is -1.43. The molecule has 1 aliphatic rings. The van der Waals surface area contributed by atoms with E-state index in [1.807, 2.05) is 19.9 Å². The molecule has 3 nitrogen and oxygen atoms in total. The van der Waals surface area contributed by atoms with Gasteiger partial charge in [-0.2, -0.15) is 0 Å². The van der Waals surface area contributed by atoms with Gasteiger partial charge < -0.3 is 10.1 Å². The van der Waals surface area contributed by atoms with Crippen molar-refractivity contribution in [3.63, 3.8) is 0 Å². The van der Waals surface area contributed by atoms with E-state index < -0.39 is 0 Å². The fourth-order valence-corrected chi connectivity index (χ4v) is 1.86. The van der Waals surface area contributed by atoms with E-state index >= 15 is 0 Å². The molecule has 1 rings (SSSR count). The van der Waals surface area contributed by atoms with E-state index in [2.05, 4.69) is 22.3 Å². The topological polar surface area (TPSA) is 33.6 Å². The molecule has 0 saturated heterocycles. The van der Waals surface area contributed by atoms with Crippen molar-refractivity contribution >= 4 is 5.90 Å². The zero-order valence-electron chi connectivity index (χ0n) is 11.0. The van der Waals surface area contributed by atoms with Crippen LogP contribution in [0, 0.1) is 12.0 Å². The third kappa shape index (κ3) is 5.44. The van der Waals surface area contributed by atoms with E-state index in [0.717, 1.165) is 25.3 Å². The Morgan fingerprint density at radius 2 is 2.18 bits per heavy atom. The Kier molecular flexibility index (Phi) is 6.24. The Bertz CT molecular complexity index is 341. The molecule has 1 saturated carbocycles. The van der Waals surface area contributed by atoms with Gasteiger partial charge >= 0.3 is 0 Å². The standard InChI is InChI=1S/C14H22N2O/c1-4-9-16-11-12(2)10-14(15-3)17-13-7-5-6-8-13/h10,13,16H,5-8,11H2,1-3H3/b12-10+,15-14?. The summed E-state index contributed by atoms with van der Waals surface area (Å²) in [5.74, 6) is 3.54. The molecule has 94 valence electrons. The number of nitrogens with one attached hydrogen (secondary N) is 1. The van der Waals surface area contributed by atoms with Gasteiger partial charge in [0.1, 0.15) is 6.10 Å². The SMILES string of the molecule is CC#CNC/C(C)=C/C(=NC)OC1CCCC1. The number of hydrogen-bond donors (Lipinski definition) is 1. The molecular formula is C14H22N2O. The van der Waals surface area contributed by atoms with Crippen LogP contribution in [0.15, 0.2) is 16.6 Å². The first-order chi connectivity index (χ1) is 8.26. The number of rotatable bonds is 4. The number of nitrogens with zero attached hydrogens (tertiary/aromatic N) is 1. The second-order valence-corrected chi connectivity index (χ2v) is 4.31. The Morgan fingerprint density at radius 3 is 2.76 bits per heavy atom. The Labute approximate surface area is 104 Å². The fourth-order valence-electron chi connectivity index (χ4n) is 1.86. The minimum atomic E-state index is 0.362. The van der Waals surface area contributed by atoms with Crippen molar-refractivity contribution in [3.8, 4) is 12.0 Å². The number of hydrogen-bond acceptors (Lipinski definition) is 3. The zero-order valence-corrected chi connectivity index (χ0v) is 11.0. The van der Waals surface area contributed by atoms with Crippen molar-refractivity contribution < 1.29 is 4.74 Å². The van der Waals surface area contributed by atoms with Crippen LogP contribution in [0.1, 0.15) is 39.5 Å². The highest BCUT2D eigenvalue weighted by molar-refractivity contribution is 5.88. The first-order valence-electron chi connectivity index (χ1n) is 6.21. The van der Waals surface area contributed by atoms with Gasteiger partial charge in [-0.05, 0) is 45.1 Å². The van der Waals surface area contributed by atoms with E-state index in [-0.39, 0.29) is 0 Å². The molecule has 0 aromatic heterocycles. The van der Waals surface area contributed by atoms with E-state index in [1.54, 1.807) is 7.05 Å². The zero-order chi connectivity index (χ0) is 12.5. The molecule has 0 radical (unpaired) electrons. The summed E-state index contributed by atoms with van der Waals surface area (Å²) in [6.07, 6.45) is 7.22. The second-order valence-electron chi connectivity index (χ2n) is 4.31. The van der Waals surface area contributed by atoms with Crippen LogP contribution in [0.5, 0.6) is 0 Å². The van der Waals surface area contributed by atoms with Crippen LogP contribution in [0.25, 0.3) is 0 Å². The Morgan fingerprint density at radius 1 is 1.47 bits per heavy atom. The molecule has 0 spiro atoms. The highest BCUT2D eigenvalue weighted by Crippen LogP contribution is 2.21. The molecule has 0 aromatic carbocycles. The quantitative estimate of drug-likeness (QED) is 0.351. The van der Waals surface area contributed by atoms with Gasteiger partial charge in [0.15, 0.2) is 0 Å². The summed E-state index contributed by atoms with van der Waals surface area (Å²) in [7, 11) is 1.77. The fraction of sp³-hybridized carbons (Fsp3) is 0.643. The summed E-state index contributed by atoms with van der Waals surface area (Å²) >= 11 is 0. The van der Waals surface area contributed by atoms with Crippen molar-refractivity contribution in [1.29, 1.82) is 0 Å². The maximum atomic E-state index is 5.85. The van der Waals surface area contributed by atoms with Crippen LogP contribution < -0.4 is 5.32 Å². The predicted octanol–water partition coefficient (Wildman–Crippen LogP) is 2.49. The predicted molar refractivity (Wildman–Crippen MR) is 71.9 cm³/mol. The van der Waals surface area contributed by atoms with Crippen molar-refractivity contribution in [2.45, 2.75) is 45.6 Å². The van der Waals surface area contributed by atoms with Gasteiger partial charge in [0.05, 0.1) is 0 Å². The maximum Gasteiger partial charge on any atom is 0.208 e. The van der Waals surface area contributed by atoms with Gasteiger partial charge in [-0.1, -0.05) is 5.92 Å². The molecule has 0 heterocycles. The summed E-state index contributed by atoms with van der Waals surface area (Å²) < 4.78 is 5.85. The molecule has 1 aliphatic carbocycles. The van der Waals surface area contributed by atoms with Crippen LogP contribution in [0.2, 0.25) is 0 Å². The lowest BCUT2D eigenvalue weighted by Gasteiger charge is -2.13. The lowest BCUT2D eigenvalue weighted by atomic mass is 10.2. The van der Waals surface area contributed by atoms with Crippen LogP contribution in [0.4, 0.5) is 0 Å². The first-order valence-corrected chi connectivity index (χ1v) is 6.21. The summed E-state index contributed by atoms with van der Waals surface area (Å²) in [5.41, 5.74) is 1.17. The lowest BCUT2D eigenvalue weighted by Crippen LogP contribution is -2.15. The monoisotopic (exact) mass is 234 g/mol. The second kappa shape index (κ2) is 7.78. The number of ether oxygens (including phenoxy) is 1. The maximum absolute atomic E-state index is 5.85. The molecule has 3 heteroatoms. The van der Waals surface area contributed by atoms with E-state index in [0.29, 0.717) is 6.10 Å². The molecule has 17 heavy (non-hydrogen) atoms. The molecular weight excluding hydrogens is 212 g/mol. The molecule has 0 unspecified atom stereocenters. The first kappa shape index (κ1) is 13.6. The van der Waals surface area contributed by atoms with Crippen LogP contribution >= 0.6 is 0 Å². The highest BCUT2D eigenvalue weighted by Gasteiger charge is 2.17. The van der Waals surface area contributed by atoms with Crippen LogP contribution in [-0.4, -0.2) is 25.6 Å². The van der Waals surface area contributed by atoms with Crippen molar-refractivity contribution in [3.05, 3.63) is 11.6 Å². The molecule has 0 aromatic rings. The molecule has 0 aliphatic heterocycles. The average Bonchev–Trinajstić information content (AvgIpc) is 2.81. The molecule has 0 bridgehead atoms. The normalized spacial score (nSPS) is 17.6. The van der Waals surface area contributed by atoms with Crippen molar-refractivity contribution in [2.24, 2.45) is 4.99 Å². The minimum absolute atomic E-state index is 0.362. The minimum Gasteiger partial charge on any atom is -0.475 e. The van der Waals surface area contributed by atoms with Crippen LogP contribution in [0.3, 0.4) is 0 Å². The van der Waals surface area contributed by atoms with E-state index in [9.17, 15) is 0 Å². The summed E-state index contributed by atoms with van der Waals surface area (Å²) in [5, 5.41) is 3.02. The highest BCUT2D eigenvalue weighted by atomic mass is 16.5. The largest absolute Gasteiger partial charge is 0.475 e. The third-order valence-electron chi connectivity index (χ3n) is 2.76. The molecule has 1 N–H and O–H groups in total. The summed E-state index contributed by atoms with van der Waals surface area (Å²) in [6.45, 7) is 4.61. The average molecular weight is 234 g/mol. The van der Waals surface area contributed by atoms with Gasteiger partial charge in [0.2, 0.25) is 5.90 Å². The van der Waals surface area contributed by atoms with Gasteiger partial charge in [-0.15, -0.1) is 0 Å². The third-order valence-corrected chi connectivity index (χ3v) is 2.76. The Balaban J connectivity index is 2.43. The summed E-state index contributed by atoms with van der Waals surface area (Å²) in [4.78, 5) is 4.17. The van der Waals surface area contributed by atoms with Gasteiger partial charge in [0.25, 0.3) is 0 Å². The van der Waals surface area contributed by atoms with Crippen molar-refractivity contribution in [1.82, 2.24) is 5.32 Å². The molecule has 0 amide bonds. The molecule has 0 atom stereocenters. The summed E-state index contributed by atoms with van der Waals surface area (Å²) in [6, 6.07) is 2.82. The van der Waals surface area contributed by atoms with E-state index in [4.69, 9.17) is 4.74 Å². The molecule has 1 fully saturated rings. The van der Waals surface area contributed by atoms with Gasteiger partial charge in [-0.3, -0.25) is 4.99 Å². The lowest BCUT2D eigenvalue weighted by molar-refractivity contribution is 0.198. The van der Waals surface area contributed by atoms with Gasteiger partial charge in [-0.25, -0.2) is 0 Å².